The Balaban J connectivity index is 2.26. The van der Waals surface area contributed by atoms with E-state index in [1.54, 1.807) is 17.0 Å². The monoisotopic (exact) mass is 259 g/mol. The molecule has 0 saturated heterocycles. The number of thiocarbonyl (C=S) groups is 1. The Morgan fingerprint density at radius 2 is 2.06 bits per heavy atom. The molecule has 1 heterocycles. The molecule has 5 heteroatoms. The fourth-order valence-electron chi connectivity index (χ4n) is 1.65. The molecule has 2 N–H and O–H groups in total. The van der Waals surface area contributed by atoms with Crippen LogP contribution in [0.4, 0.5) is 0 Å². The first kappa shape index (κ1) is 12.4. The van der Waals surface area contributed by atoms with Crippen molar-refractivity contribution in [3.8, 4) is 0 Å². The molecular weight excluding hydrogens is 246 g/mol. The Kier molecular flexibility index (Phi) is 3.53. The van der Waals surface area contributed by atoms with Crippen LogP contribution in [0.1, 0.15) is 16.7 Å². The maximum atomic E-state index is 11.6. The highest BCUT2D eigenvalue weighted by atomic mass is 32.1. The number of aromatic nitrogens is 2. The average molecular weight is 259 g/mol. The largest absolute Gasteiger partial charge is 0.389 e. The second kappa shape index (κ2) is 5.10. The summed E-state index contributed by atoms with van der Waals surface area (Å²) in [5.41, 5.74) is 8.06. The smallest absolute Gasteiger partial charge is 0.347 e. The average Bonchev–Trinajstić information content (AvgIpc) is 2.34. The van der Waals surface area contributed by atoms with Gasteiger partial charge in [0.15, 0.2) is 0 Å². The van der Waals surface area contributed by atoms with Crippen LogP contribution in [-0.2, 0) is 6.54 Å². The lowest BCUT2D eigenvalue weighted by Gasteiger charge is -2.06. The second-order valence-corrected chi connectivity index (χ2v) is 4.54. The highest BCUT2D eigenvalue weighted by Crippen LogP contribution is 2.05. The van der Waals surface area contributed by atoms with Crippen LogP contribution in [0.2, 0.25) is 0 Å². The van der Waals surface area contributed by atoms with Crippen molar-refractivity contribution < 1.29 is 0 Å². The first-order valence-corrected chi connectivity index (χ1v) is 5.89. The van der Waals surface area contributed by atoms with Crippen molar-refractivity contribution in [2.24, 2.45) is 5.73 Å². The summed E-state index contributed by atoms with van der Waals surface area (Å²) in [5, 5.41) is 0. The van der Waals surface area contributed by atoms with Gasteiger partial charge in [-0.1, -0.05) is 36.5 Å². The van der Waals surface area contributed by atoms with Gasteiger partial charge in [-0.25, -0.2) is 9.78 Å². The van der Waals surface area contributed by atoms with E-state index in [1.807, 2.05) is 31.2 Å². The third-order valence-corrected chi connectivity index (χ3v) is 2.81. The number of benzene rings is 1. The van der Waals surface area contributed by atoms with Crippen LogP contribution in [0.3, 0.4) is 0 Å². The predicted molar refractivity (Wildman–Crippen MR) is 74.7 cm³/mol. The van der Waals surface area contributed by atoms with Gasteiger partial charge in [0.2, 0.25) is 0 Å². The molecule has 0 unspecified atom stereocenters. The summed E-state index contributed by atoms with van der Waals surface area (Å²) >= 11 is 4.89. The van der Waals surface area contributed by atoms with Gasteiger partial charge in [-0.2, -0.15) is 0 Å². The molecule has 0 aliphatic heterocycles. The molecule has 92 valence electrons. The van der Waals surface area contributed by atoms with E-state index in [0.29, 0.717) is 11.5 Å². The van der Waals surface area contributed by atoms with E-state index in [9.17, 15) is 4.79 Å². The summed E-state index contributed by atoms with van der Waals surface area (Å²) in [5.74, 6) is 0. The zero-order chi connectivity index (χ0) is 13.1. The maximum Gasteiger partial charge on any atom is 0.347 e. The highest BCUT2D eigenvalue weighted by Gasteiger charge is 2.01. The van der Waals surface area contributed by atoms with Crippen molar-refractivity contribution in [2.45, 2.75) is 13.5 Å². The van der Waals surface area contributed by atoms with Crippen molar-refractivity contribution in [3.05, 3.63) is 63.8 Å². The Morgan fingerprint density at radius 3 is 2.67 bits per heavy atom. The summed E-state index contributed by atoms with van der Waals surface area (Å²) in [6.07, 6.45) is 3.35. The molecule has 2 aromatic rings. The molecule has 0 atom stereocenters. The van der Waals surface area contributed by atoms with Crippen molar-refractivity contribution >= 4 is 17.2 Å². The van der Waals surface area contributed by atoms with E-state index in [0.717, 1.165) is 16.7 Å². The zero-order valence-corrected chi connectivity index (χ0v) is 10.8. The number of hydrogen-bond acceptors (Lipinski definition) is 3. The minimum atomic E-state index is -0.251. The van der Waals surface area contributed by atoms with Gasteiger partial charge in [-0.05, 0) is 18.1 Å². The van der Waals surface area contributed by atoms with Crippen LogP contribution < -0.4 is 11.4 Å². The van der Waals surface area contributed by atoms with E-state index < -0.39 is 0 Å². The standard InChI is InChI=1S/C13H13N3OS/c1-9-6-15-13(17)16(7-9)8-10-2-4-11(5-3-10)12(14)18/h2-7H,8H2,1H3,(H2,14,18). The number of hydrogen-bond donors (Lipinski definition) is 1. The molecule has 0 bridgehead atoms. The Bertz CT molecular complexity index is 631. The first-order valence-electron chi connectivity index (χ1n) is 5.48. The quantitative estimate of drug-likeness (QED) is 0.842. The number of nitrogens with zero attached hydrogens (tertiary/aromatic N) is 2. The highest BCUT2D eigenvalue weighted by molar-refractivity contribution is 7.80. The van der Waals surface area contributed by atoms with Gasteiger partial charge in [0, 0.05) is 18.0 Å². The first-order chi connectivity index (χ1) is 8.56. The molecule has 18 heavy (non-hydrogen) atoms. The molecule has 4 nitrogen and oxygen atoms in total. The van der Waals surface area contributed by atoms with Gasteiger partial charge in [0.1, 0.15) is 4.99 Å². The lowest BCUT2D eigenvalue weighted by molar-refractivity contribution is 0.721. The SMILES string of the molecule is Cc1cnc(=O)n(Cc2ccc(C(N)=S)cc2)c1. The van der Waals surface area contributed by atoms with Crippen LogP contribution in [0.5, 0.6) is 0 Å². The fraction of sp³-hybridized carbons (Fsp3) is 0.154. The van der Waals surface area contributed by atoms with E-state index >= 15 is 0 Å². The van der Waals surface area contributed by atoms with E-state index in [-0.39, 0.29) is 5.69 Å². The topological polar surface area (TPSA) is 60.9 Å². The van der Waals surface area contributed by atoms with Crippen molar-refractivity contribution in [2.75, 3.05) is 0 Å². The molecule has 0 saturated carbocycles. The van der Waals surface area contributed by atoms with Crippen LogP contribution in [0, 0.1) is 6.92 Å². The van der Waals surface area contributed by atoms with Crippen LogP contribution in [0.25, 0.3) is 0 Å². The lowest BCUT2D eigenvalue weighted by atomic mass is 10.1. The van der Waals surface area contributed by atoms with Crippen LogP contribution in [0.15, 0.2) is 41.5 Å². The number of nitrogens with two attached hydrogens (primary N) is 1. The Labute approximate surface area is 110 Å². The van der Waals surface area contributed by atoms with Gasteiger partial charge < -0.3 is 5.73 Å². The minimum absolute atomic E-state index is 0.251. The minimum Gasteiger partial charge on any atom is -0.389 e. The van der Waals surface area contributed by atoms with Gasteiger partial charge in [-0.15, -0.1) is 0 Å². The Hall–Kier alpha value is -2.01. The maximum absolute atomic E-state index is 11.6. The molecule has 0 aliphatic carbocycles. The third kappa shape index (κ3) is 2.81. The van der Waals surface area contributed by atoms with Crippen LogP contribution >= 0.6 is 12.2 Å². The van der Waals surface area contributed by atoms with Gasteiger partial charge in [-0.3, -0.25) is 4.57 Å². The van der Waals surface area contributed by atoms with E-state index in [1.165, 1.54) is 0 Å². The van der Waals surface area contributed by atoms with Crippen molar-refractivity contribution in [1.29, 1.82) is 0 Å². The molecule has 0 radical (unpaired) electrons. The molecular formula is C13H13N3OS. The van der Waals surface area contributed by atoms with E-state index in [4.69, 9.17) is 18.0 Å². The molecule has 2 rings (SSSR count). The molecule has 1 aromatic heterocycles. The molecule has 0 aliphatic rings. The molecule has 0 amide bonds. The molecule has 1 aromatic carbocycles. The van der Waals surface area contributed by atoms with Gasteiger partial charge >= 0.3 is 5.69 Å². The predicted octanol–water partition coefficient (Wildman–Crippen LogP) is 1.23. The number of rotatable bonds is 3. The van der Waals surface area contributed by atoms with Gasteiger partial charge in [0.25, 0.3) is 0 Å². The summed E-state index contributed by atoms with van der Waals surface area (Å²) in [7, 11) is 0. The number of aryl methyl sites for hydroxylation is 1. The normalized spacial score (nSPS) is 10.3. The van der Waals surface area contributed by atoms with E-state index in [2.05, 4.69) is 4.98 Å². The van der Waals surface area contributed by atoms with Crippen molar-refractivity contribution in [1.82, 2.24) is 9.55 Å². The summed E-state index contributed by atoms with van der Waals surface area (Å²) < 4.78 is 1.57. The lowest BCUT2D eigenvalue weighted by Crippen LogP contribution is -2.22. The Morgan fingerprint density at radius 1 is 1.39 bits per heavy atom. The fourth-order valence-corrected chi connectivity index (χ4v) is 1.79. The van der Waals surface area contributed by atoms with Crippen molar-refractivity contribution in [3.63, 3.8) is 0 Å². The second-order valence-electron chi connectivity index (χ2n) is 4.10. The third-order valence-electron chi connectivity index (χ3n) is 2.58. The van der Waals surface area contributed by atoms with Gasteiger partial charge in [0.05, 0.1) is 6.54 Å². The molecule has 0 fully saturated rings. The summed E-state index contributed by atoms with van der Waals surface area (Å²) in [6, 6.07) is 7.52. The van der Waals surface area contributed by atoms with Crippen LogP contribution in [-0.4, -0.2) is 14.5 Å². The zero-order valence-electron chi connectivity index (χ0n) is 9.96. The summed E-state index contributed by atoms with van der Waals surface area (Å²) in [6.45, 7) is 2.39. The molecule has 0 spiro atoms. The summed E-state index contributed by atoms with van der Waals surface area (Å²) in [4.78, 5) is 15.7.